The Bertz CT molecular complexity index is 274. The Morgan fingerprint density at radius 3 is 1.91 bits per heavy atom. The summed E-state index contributed by atoms with van der Waals surface area (Å²) in [4.78, 5) is 3.93. The topological polar surface area (TPSA) is 123 Å². The van der Waals surface area contributed by atoms with Crippen molar-refractivity contribution >= 4 is 0 Å². The molecular formula is C13H24NO6Y2-. The van der Waals surface area contributed by atoms with E-state index in [1.165, 1.54) is 0 Å². The van der Waals surface area contributed by atoms with Crippen LogP contribution in [-0.2, 0) is 86.4 Å². The number of aliphatic hydroxyl groups is 1. The smallest absolute Gasteiger partial charge is 0.107 e. The third kappa shape index (κ3) is 23.4. The van der Waals surface area contributed by atoms with E-state index in [-0.39, 0.29) is 84.1 Å². The molecule has 0 aliphatic rings. The molecule has 7 nitrogen and oxygen atoms in total. The molecule has 0 saturated carbocycles. The van der Waals surface area contributed by atoms with Gasteiger partial charge in [0.2, 0.25) is 0 Å². The Kier molecular flexibility index (Phi) is 38.0. The van der Waals surface area contributed by atoms with Crippen LogP contribution in [0.1, 0.15) is 5.56 Å². The van der Waals surface area contributed by atoms with Crippen LogP contribution in [0.25, 0.3) is 5.73 Å². The summed E-state index contributed by atoms with van der Waals surface area (Å²) in [6, 6.07) is 9.48. The molecule has 9 heteroatoms. The fourth-order valence-electron chi connectivity index (χ4n) is 1.11. The first-order valence-corrected chi connectivity index (χ1v) is 6.06. The molecule has 0 spiro atoms. The summed E-state index contributed by atoms with van der Waals surface area (Å²) in [7, 11) is 0. The van der Waals surface area contributed by atoms with Crippen LogP contribution in [-0.4, -0.2) is 55.4 Å². The van der Waals surface area contributed by atoms with Crippen LogP contribution < -0.4 is 0 Å². The number of aliphatic hydroxyl groups excluding tert-OH is 1. The Morgan fingerprint density at radius 1 is 0.909 bits per heavy atom. The first-order valence-electron chi connectivity index (χ1n) is 6.06. The second kappa shape index (κ2) is 27.0. The summed E-state index contributed by atoms with van der Waals surface area (Å²) in [6.07, 6.45) is 0. The normalized spacial score (nSPS) is 8.50. The van der Waals surface area contributed by atoms with Gasteiger partial charge < -0.3 is 25.8 Å². The zero-order valence-corrected chi connectivity index (χ0v) is 18.3. The van der Waals surface area contributed by atoms with E-state index in [4.69, 9.17) is 25.6 Å². The summed E-state index contributed by atoms with van der Waals surface area (Å²) in [5, 5.41) is 16.3. The molecule has 2 radical (unpaired) electrons. The van der Waals surface area contributed by atoms with Gasteiger partial charge in [0.05, 0.1) is 26.4 Å². The second-order valence-electron chi connectivity index (χ2n) is 3.46. The minimum atomic E-state index is 0. The standard InChI is InChI=1S/C7H8O2.C6H14NO3.H2O.2Y/c8-9-6-7-4-2-1-3-5-7;7-1-3-9-5-6-10-4-2-8;;;/h1-5,8H,6H2;7-8H,1-6H2;1H2;;/q;-1;;;. The van der Waals surface area contributed by atoms with Gasteiger partial charge in [0, 0.05) is 72.0 Å². The van der Waals surface area contributed by atoms with Gasteiger partial charge in [0.1, 0.15) is 6.61 Å². The summed E-state index contributed by atoms with van der Waals surface area (Å²) in [6.45, 7) is 2.45. The fourth-order valence-corrected chi connectivity index (χ4v) is 1.11. The molecule has 0 fully saturated rings. The molecule has 1 aromatic carbocycles. The summed E-state index contributed by atoms with van der Waals surface area (Å²) in [5.74, 6) is 0. The van der Waals surface area contributed by atoms with E-state index in [0.29, 0.717) is 33.0 Å². The van der Waals surface area contributed by atoms with Crippen LogP contribution >= 0.6 is 0 Å². The zero-order valence-electron chi connectivity index (χ0n) is 12.6. The Hall–Kier alpha value is 1.15. The van der Waals surface area contributed by atoms with E-state index in [1.54, 1.807) is 0 Å². The van der Waals surface area contributed by atoms with Crippen molar-refractivity contribution in [3.8, 4) is 0 Å². The molecular weight excluding hydrogens is 444 g/mol. The van der Waals surface area contributed by atoms with Gasteiger partial charge >= 0.3 is 0 Å². The van der Waals surface area contributed by atoms with Crippen LogP contribution in [0.2, 0.25) is 0 Å². The number of benzene rings is 1. The van der Waals surface area contributed by atoms with Gasteiger partial charge in [-0.2, -0.15) is 0 Å². The first-order chi connectivity index (χ1) is 9.35. The molecule has 124 valence electrons. The van der Waals surface area contributed by atoms with Crippen LogP contribution in [0.15, 0.2) is 30.3 Å². The van der Waals surface area contributed by atoms with Gasteiger partial charge in [-0.3, -0.25) is 5.26 Å². The average molecular weight is 468 g/mol. The van der Waals surface area contributed by atoms with E-state index in [1.807, 2.05) is 30.3 Å². The van der Waals surface area contributed by atoms with Gasteiger partial charge in [-0.15, -0.1) is 6.54 Å². The molecule has 0 aliphatic heterocycles. The van der Waals surface area contributed by atoms with E-state index in [0.717, 1.165) is 5.56 Å². The van der Waals surface area contributed by atoms with Crippen molar-refractivity contribution in [1.82, 2.24) is 0 Å². The molecule has 22 heavy (non-hydrogen) atoms. The summed E-state index contributed by atoms with van der Waals surface area (Å²) >= 11 is 0. The van der Waals surface area contributed by atoms with Crippen molar-refractivity contribution in [3.63, 3.8) is 0 Å². The number of ether oxygens (including phenoxy) is 2. The Balaban J connectivity index is -0.000000130. The molecule has 0 atom stereocenters. The van der Waals surface area contributed by atoms with Crippen molar-refractivity contribution in [1.29, 1.82) is 0 Å². The summed E-state index contributed by atoms with van der Waals surface area (Å²) < 4.78 is 9.83. The van der Waals surface area contributed by atoms with E-state index >= 15 is 0 Å². The fraction of sp³-hybridized carbons (Fsp3) is 0.538. The number of nitrogens with one attached hydrogen (secondary N) is 1. The third-order valence-electron chi connectivity index (χ3n) is 1.93. The van der Waals surface area contributed by atoms with E-state index < -0.39 is 0 Å². The van der Waals surface area contributed by atoms with Crippen molar-refractivity contribution in [2.24, 2.45) is 0 Å². The maximum Gasteiger partial charge on any atom is 0.107 e. The molecule has 0 bridgehead atoms. The summed E-state index contributed by atoms with van der Waals surface area (Å²) in [5.41, 5.74) is 7.69. The van der Waals surface area contributed by atoms with Crippen LogP contribution in [0.4, 0.5) is 0 Å². The minimum Gasteiger partial charge on any atom is -0.676 e. The van der Waals surface area contributed by atoms with Gasteiger partial charge in [-0.05, 0) is 5.56 Å². The number of hydrogen-bond acceptors (Lipinski definition) is 5. The second-order valence-corrected chi connectivity index (χ2v) is 3.46. The first kappa shape index (κ1) is 31.0. The van der Waals surface area contributed by atoms with E-state index in [2.05, 4.69) is 4.89 Å². The van der Waals surface area contributed by atoms with Gasteiger partial charge in [-0.25, -0.2) is 4.89 Å². The van der Waals surface area contributed by atoms with Crippen LogP contribution in [0.3, 0.4) is 0 Å². The van der Waals surface area contributed by atoms with Crippen LogP contribution in [0, 0.1) is 0 Å². The number of hydrogen-bond donors (Lipinski definition) is 2. The maximum absolute atomic E-state index is 8.27. The minimum absolute atomic E-state index is 0. The molecule has 1 aromatic rings. The Labute approximate surface area is 181 Å². The SMILES string of the molecule is O.OOCc1ccccc1.[NH-]CCOCCOCCO.[Y].[Y]. The molecule has 0 aromatic heterocycles. The largest absolute Gasteiger partial charge is 0.676 e. The van der Waals surface area contributed by atoms with Gasteiger partial charge in [0.15, 0.2) is 0 Å². The molecule has 5 N–H and O–H groups in total. The average Bonchev–Trinajstić information content (AvgIpc) is 2.45. The predicted octanol–water partition coefficient (Wildman–Crippen LogP) is 0.911. The quantitative estimate of drug-likeness (QED) is 0.317. The molecule has 0 heterocycles. The van der Waals surface area contributed by atoms with Crippen LogP contribution in [0.5, 0.6) is 0 Å². The van der Waals surface area contributed by atoms with Gasteiger partial charge in [0.25, 0.3) is 0 Å². The molecule has 1 rings (SSSR count). The molecule has 0 amide bonds. The van der Waals surface area contributed by atoms with Crippen molar-refractivity contribution in [3.05, 3.63) is 41.6 Å². The van der Waals surface area contributed by atoms with Crippen molar-refractivity contribution in [2.75, 3.05) is 39.6 Å². The predicted molar refractivity (Wildman–Crippen MR) is 75.4 cm³/mol. The molecule has 0 unspecified atom stereocenters. The van der Waals surface area contributed by atoms with Crippen molar-refractivity contribution in [2.45, 2.75) is 6.61 Å². The number of rotatable bonds is 9. The van der Waals surface area contributed by atoms with E-state index in [9.17, 15) is 0 Å². The van der Waals surface area contributed by atoms with Gasteiger partial charge in [-0.1, -0.05) is 30.3 Å². The Morgan fingerprint density at radius 2 is 1.45 bits per heavy atom. The molecule has 0 aliphatic carbocycles. The third-order valence-corrected chi connectivity index (χ3v) is 1.93. The van der Waals surface area contributed by atoms with Crippen molar-refractivity contribution < 1.29 is 95.6 Å². The monoisotopic (exact) mass is 468 g/mol. The maximum atomic E-state index is 8.27. The zero-order chi connectivity index (χ0) is 14.2. The molecule has 0 saturated heterocycles.